The summed E-state index contributed by atoms with van der Waals surface area (Å²) in [7, 11) is 0. The highest BCUT2D eigenvalue weighted by Crippen LogP contribution is 2.31. The molecule has 0 amide bonds. The largest absolute Gasteiger partial charge is 0.382 e. The maximum absolute atomic E-state index is 11.3. The maximum Gasteiger partial charge on any atom is 0.292 e. The molecule has 0 atom stereocenters. The van der Waals surface area contributed by atoms with Gasteiger partial charge in [-0.1, -0.05) is 47.6 Å². The van der Waals surface area contributed by atoms with Crippen molar-refractivity contribution in [2.75, 3.05) is 23.7 Å². The van der Waals surface area contributed by atoms with Crippen molar-refractivity contribution in [3.63, 3.8) is 0 Å². The van der Waals surface area contributed by atoms with Gasteiger partial charge in [-0.05, 0) is 23.7 Å². The Morgan fingerprint density at radius 3 is 2.23 bits per heavy atom. The van der Waals surface area contributed by atoms with Crippen molar-refractivity contribution < 1.29 is 4.92 Å². The number of anilines is 2. The third-order valence-corrected chi connectivity index (χ3v) is 4.67. The van der Waals surface area contributed by atoms with Crippen molar-refractivity contribution in [1.29, 1.82) is 0 Å². The Labute approximate surface area is 171 Å². The molecule has 1 heterocycles. The molecular formula is C21H17N7O2. The molecular weight excluding hydrogens is 382 g/mol. The Bertz CT molecular complexity index is 1250. The topological polar surface area (TPSA) is 129 Å². The number of pyridine rings is 1. The first-order valence-electron chi connectivity index (χ1n) is 9.26. The molecule has 9 nitrogen and oxygen atoms in total. The molecule has 4 aromatic rings. The summed E-state index contributed by atoms with van der Waals surface area (Å²) < 4.78 is 0. The van der Waals surface area contributed by atoms with Crippen LogP contribution in [-0.4, -0.2) is 23.0 Å². The normalized spacial score (nSPS) is 10.5. The number of hydrogen-bond acceptors (Lipinski definition) is 6. The zero-order valence-electron chi connectivity index (χ0n) is 15.8. The van der Waals surface area contributed by atoms with E-state index in [1.54, 1.807) is 6.07 Å². The summed E-state index contributed by atoms with van der Waals surface area (Å²) >= 11 is 0. The number of benzene rings is 3. The summed E-state index contributed by atoms with van der Waals surface area (Å²) in [5.74, 6) is 0. The molecule has 4 rings (SSSR count). The molecule has 0 unspecified atom stereocenters. The van der Waals surface area contributed by atoms with Crippen LogP contribution in [0.15, 0.2) is 71.8 Å². The van der Waals surface area contributed by atoms with E-state index in [4.69, 9.17) is 10.5 Å². The smallest absolute Gasteiger partial charge is 0.292 e. The minimum Gasteiger partial charge on any atom is -0.382 e. The maximum atomic E-state index is 11.3. The van der Waals surface area contributed by atoms with Crippen LogP contribution < -0.4 is 10.6 Å². The fourth-order valence-electron chi connectivity index (χ4n) is 3.35. The first-order chi connectivity index (χ1) is 14.7. The van der Waals surface area contributed by atoms with Gasteiger partial charge in [-0.3, -0.25) is 10.1 Å². The van der Waals surface area contributed by atoms with Gasteiger partial charge in [-0.15, -0.1) is 0 Å². The fourth-order valence-corrected chi connectivity index (χ4v) is 3.35. The van der Waals surface area contributed by atoms with Gasteiger partial charge in [0.15, 0.2) is 0 Å². The molecule has 148 valence electrons. The second-order valence-electron chi connectivity index (χ2n) is 6.52. The van der Waals surface area contributed by atoms with Crippen LogP contribution >= 0.6 is 0 Å². The van der Waals surface area contributed by atoms with E-state index in [2.05, 4.69) is 20.7 Å². The lowest BCUT2D eigenvalue weighted by Gasteiger charge is -2.14. The van der Waals surface area contributed by atoms with E-state index < -0.39 is 4.92 Å². The van der Waals surface area contributed by atoms with Crippen LogP contribution in [0.3, 0.4) is 0 Å². The second-order valence-corrected chi connectivity index (χ2v) is 6.52. The minimum atomic E-state index is -0.504. The monoisotopic (exact) mass is 399 g/mol. The molecule has 0 aliphatic carbocycles. The summed E-state index contributed by atoms with van der Waals surface area (Å²) in [6.07, 6.45) is 0. The molecule has 0 radical (unpaired) electrons. The molecule has 0 bridgehead atoms. The average molecular weight is 399 g/mol. The molecule has 3 aromatic carbocycles. The Kier molecular flexibility index (Phi) is 5.27. The number of para-hydroxylation sites is 2. The first kappa shape index (κ1) is 19.0. The number of hydrogen-bond donors (Lipinski definition) is 2. The number of nitrogens with zero attached hydrogens (tertiary/aromatic N) is 5. The van der Waals surface area contributed by atoms with Crippen LogP contribution in [0.2, 0.25) is 0 Å². The van der Waals surface area contributed by atoms with Gasteiger partial charge in [0.05, 0.1) is 21.6 Å². The standard InChI is InChI=1S/C21H17N7O2/c22-27-26-14-9-10-19(20(13-14)28(29)30)23-11-12-24-21-15-5-1-3-7-17(15)25-18-8-4-2-6-16(18)21/h1-10,13,23H,11-12H2,(H,24,25). The lowest BCUT2D eigenvalue weighted by molar-refractivity contribution is -0.383. The predicted molar refractivity (Wildman–Crippen MR) is 118 cm³/mol. The molecule has 0 fully saturated rings. The Balaban J connectivity index is 1.55. The van der Waals surface area contributed by atoms with E-state index in [0.717, 1.165) is 27.5 Å². The van der Waals surface area contributed by atoms with Crippen molar-refractivity contribution in [1.82, 2.24) is 4.98 Å². The number of nitrogens with one attached hydrogen (secondary N) is 2. The fraction of sp³-hybridized carbons (Fsp3) is 0.0952. The van der Waals surface area contributed by atoms with Gasteiger partial charge < -0.3 is 10.6 Å². The Hall–Kier alpha value is -4.36. The van der Waals surface area contributed by atoms with E-state index in [9.17, 15) is 10.1 Å². The van der Waals surface area contributed by atoms with Crippen LogP contribution in [0.1, 0.15) is 0 Å². The number of rotatable bonds is 7. The highest BCUT2D eigenvalue weighted by Gasteiger charge is 2.14. The van der Waals surface area contributed by atoms with Crippen molar-refractivity contribution in [3.8, 4) is 0 Å². The van der Waals surface area contributed by atoms with E-state index >= 15 is 0 Å². The first-order valence-corrected chi connectivity index (χ1v) is 9.26. The SMILES string of the molecule is [N-]=[N+]=Nc1ccc(NCCNc2c3ccccc3nc3ccccc23)c([N+](=O)[O-])c1. The number of aromatic nitrogens is 1. The summed E-state index contributed by atoms with van der Waals surface area (Å²) in [5, 5.41) is 23.3. The number of azide groups is 1. The van der Waals surface area contributed by atoms with Gasteiger partial charge in [0.2, 0.25) is 0 Å². The average Bonchev–Trinajstić information content (AvgIpc) is 2.76. The number of fused-ring (bicyclic) bond motifs is 2. The molecule has 1 aromatic heterocycles. The Morgan fingerprint density at radius 1 is 0.967 bits per heavy atom. The molecule has 9 heteroatoms. The van der Waals surface area contributed by atoms with Crippen LogP contribution in [0.5, 0.6) is 0 Å². The molecule has 0 spiro atoms. The van der Waals surface area contributed by atoms with Gasteiger partial charge in [0.25, 0.3) is 5.69 Å². The van der Waals surface area contributed by atoms with E-state index in [1.807, 2.05) is 48.5 Å². The molecule has 0 saturated carbocycles. The third-order valence-electron chi connectivity index (χ3n) is 4.67. The zero-order chi connectivity index (χ0) is 20.9. The quantitative estimate of drug-likeness (QED) is 0.0776. The van der Waals surface area contributed by atoms with Crippen LogP contribution in [-0.2, 0) is 0 Å². The lowest BCUT2D eigenvalue weighted by atomic mass is 10.1. The predicted octanol–water partition coefficient (Wildman–Crippen LogP) is 5.76. The summed E-state index contributed by atoms with van der Waals surface area (Å²) in [6.45, 7) is 0.986. The highest BCUT2D eigenvalue weighted by molar-refractivity contribution is 6.07. The summed E-state index contributed by atoms with van der Waals surface area (Å²) in [4.78, 5) is 18.2. The number of nitro benzene ring substituents is 1. The van der Waals surface area contributed by atoms with Gasteiger partial charge in [-0.2, -0.15) is 0 Å². The molecule has 0 saturated heterocycles. The zero-order valence-corrected chi connectivity index (χ0v) is 15.8. The Morgan fingerprint density at radius 2 is 1.60 bits per heavy atom. The van der Waals surface area contributed by atoms with Crippen LogP contribution in [0, 0.1) is 10.1 Å². The van der Waals surface area contributed by atoms with Crippen molar-refractivity contribution in [2.24, 2.45) is 5.11 Å². The van der Waals surface area contributed by atoms with Crippen molar-refractivity contribution >= 4 is 44.6 Å². The van der Waals surface area contributed by atoms with Gasteiger partial charge in [-0.25, -0.2) is 4.98 Å². The van der Waals surface area contributed by atoms with Crippen molar-refractivity contribution in [3.05, 3.63) is 87.3 Å². The summed E-state index contributed by atoms with van der Waals surface area (Å²) in [6, 6.07) is 20.1. The molecule has 2 N–H and O–H groups in total. The highest BCUT2D eigenvalue weighted by atomic mass is 16.6. The van der Waals surface area contributed by atoms with Crippen molar-refractivity contribution in [2.45, 2.75) is 0 Å². The van der Waals surface area contributed by atoms with E-state index in [1.165, 1.54) is 12.1 Å². The molecule has 30 heavy (non-hydrogen) atoms. The number of nitro groups is 1. The molecule has 0 aliphatic heterocycles. The molecule has 0 aliphatic rings. The van der Waals surface area contributed by atoms with Crippen LogP contribution in [0.4, 0.5) is 22.7 Å². The van der Waals surface area contributed by atoms with Crippen LogP contribution in [0.25, 0.3) is 32.2 Å². The van der Waals surface area contributed by atoms with Gasteiger partial charge in [0.1, 0.15) is 5.69 Å². The van der Waals surface area contributed by atoms with E-state index in [-0.39, 0.29) is 11.4 Å². The lowest BCUT2D eigenvalue weighted by Crippen LogP contribution is -2.15. The second kappa shape index (κ2) is 8.34. The van der Waals surface area contributed by atoms with Gasteiger partial charge >= 0.3 is 0 Å². The van der Waals surface area contributed by atoms with Gasteiger partial charge in [0, 0.05) is 40.5 Å². The minimum absolute atomic E-state index is 0.139. The summed E-state index contributed by atoms with van der Waals surface area (Å²) in [5.41, 5.74) is 11.7. The van der Waals surface area contributed by atoms with E-state index in [0.29, 0.717) is 18.8 Å². The third kappa shape index (κ3) is 3.78.